The van der Waals surface area contributed by atoms with Gasteiger partial charge in [-0.2, -0.15) is 0 Å². The molecule has 0 aliphatic rings. The van der Waals surface area contributed by atoms with Crippen molar-refractivity contribution in [2.24, 2.45) is 0 Å². The van der Waals surface area contributed by atoms with Crippen LogP contribution in [-0.4, -0.2) is 20.1 Å². The molecule has 0 saturated carbocycles. The monoisotopic (exact) mass is 331 g/mol. The fourth-order valence-corrected chi connectivity index (χ4v) is 2.45. The first-order valence-electron chi connectivity index (χ1n) is 7.76. The number of benzene rings is 2. The van der Waals surface area contributed by atoms with Crippen LogP contribution in [0, 0.1) is 5.82 Å². The highest BCUT2D eigenvalue weighted by atomic mass is 19.1. The number of hydrogen-bond acceptors (Lipinski definition) is 3. The Morgan fingerprint density at radius 1 is 1.08 bits per heavy atom. The van der Waals surface area contributed by atoms with Gasteiger partial charge in [0.25, 0.3) is 0 Å². The van der Waals surface area contributed by atoms with Crippen LogP contribution in [-0.2, 0) is 11.3 Å². The van der Waals surface area contributed by atoms with Gasteiger partial charge in [-0.3, -0.25) is 4.79 Å². The first-order chi connectivity index (χ1) is 11.5. The van der Waals surface area contributed by atoms with Crippen molar-refractivity contribution in [1.29, 1.82) is 0 Å². The highest BCUT2D eigenvalue weighted by Gasteiger charge is 2.12. The molecule has 2 aromatic carbocycles. The Kier molecular flexibility index (Phi) is 6.18. The van der Waals surface area contributed by atoms with Gasteiger partial charge < -0.3 is 14.8 Å². The van der Waals surface area contributed by atoms with Gasteiger partial charge >= 0.3 is 0 Å². The Bertz CT molecular complexity index is 686. The fourth-order valence-electron chi connectivity index (χ4n) is 2.45. The van der Waals surface area contributed by atoms with Crippen LogP contribution in [0.15, 0.2) is 42.5 Å². The lowest BCUT2D eigenvalue weighted by atomic mass is 9.97. The molecule has 1 N–H and O–H groups in total. The van der Waals surface area contributed by atoms with Crippen LogP contribution < -0.4 is 14.8 Å². The zero-order chi connectivity index (χ0) is 17.5. The SMILES string of the molecule is COc1ccc(CNC(=O)CC(C)c2ccc(F)cc2)cc1OC. The van der Waals surface area contributed by atoms with E-state index in [2.05, 4.69) is 5.32 Å². The van der Waals surface area contributed by atoms with Crippen LogP contribution in [0.25, 0.3) is 0 Å². The van der Waals surface area contributed by atoms with Gasteiger partial charge in [-0.15, -0.1) is 0 Å². The third-order valence-electron chi connectivity index (χ3n) is 3.87. The quantitative estimate of drug-likeness (QED) is 0.842. The second-order valence-electron chi connectivity index (χ2n) is 5.62. The maximum Gasteiger partial charge on any atom is 0.220 e. The largest absolute Gasteiger partial charge is 0.493 e. The van der Waals surface area contributed by atoms with Crippen molar-refractivity contribution in [1.82, 2.24) is 5.32 Å². The number of carbonyl (C=O) groups excluding carboxylic acids is 1. The minimum Gasteiger partial charge on any atom is -0.493 e. The van der Waals surface area contributed by atoms with Crippen molar-refractivity contribution in [2.75, 3.05) is 14.2 Å². The molecule has 0 radical (unpaired) electrons. The van der Waals surface area contributed by atoms with Crippen LogP contribution in [0.1, 0.15) is 30.4 Å². The predicted molar refractivity (Wildman–Crippen MR) is 90.8 cm³/mol. The zero-order valence-corrected chi connectivity index (χ0v) is 14.1. The zero-order valence-electron chi connectivity index (χ0n) is 14.1. The van der Waals surface area contributed by atoms with E-state index in [0.717, 1.165) is 11.1 Å². The maximum atomic E-state index is 12.9. The number of ether oxygens (including phenoxy) is 2. The van der Waals surface area contributed by atoms with E-state index in [1.807, 2.05) is 25.1 Å². The Balaban J connectivity index is 1.90. The van der Waals surface area contributed by atoms with E-state index < -0.39 is 0 Å². The topological polar surface area (TPSA) is 47.6 Å². The molecule has 2 aromatic rings. The van der Waals surface area contributed by atoms with Crippen LogP contribution in [0.3, 0.4) is 0 Å². The van der Waals surface area contributed by atoms with Crippen molar-refractivity contribution in [3.8, 4) is 11.5 Å². The fraction of sp³-hybridized carbons (Fsp3) is 0.316. The Morgan fingerprint density at radius 3 is 2.38 bits per heavy atom. The van der Waals surface area contributed by atoms with Crippen molar-refractivity contribution in [2.45, 2.75) is 25.8 Å². The summed E-state index contributed by atoms with van der Waals surface area (Å²) in [6, 6.07) is 11.8. The van der Waals surface area contributed by atoms with E-state index in [0.29, 0.717) is 24.5 Å². The number of amides is 1. The molecule has 0 aliphatic heterocycles. The predicted octanol–water partition coefficient (Wildman–Crippen LogP) is 3.65. The van der Waals surface area contributed by atoms with Gasteiger partial charge in [0.2, 0.25) is 5.91 Å². The molecule has 0 fully saturated rings. The van der Waals surface area contributed by atoms with Crippen molar-refractivity contribution >= 4 is 5.91 Å². The summed E-state index contributed by atoms with van der Waals surface area (Å²) in [5, 5.41) is 2.89. The van der Waals surface area contributed by atoms with Gasteiger partial charge in [0, 0.05) is 13.0 Å². The molecule has 0 saturated heterocycles. The lowest BCUT2D eigenvalue weighted by Crippen LogP contribution is -2.24. The lowest BCUT2D eigenvalue weighted by molar-refractivity contribution is -0.121. The summed E-state index contributed by atoms with van der Waals surface area (Å²) < 4.78 is 23.4. The molecule has 0 aromatic heterocycles. The molecule has 4 nitrogen and oxygen atoms in total. The molecular formula is C19H22FNO3. The summed E-state index contributed by atoms with van der Waals surface area (Å²) in [7, 11) is 3.15. The first-order valence-corrected chi connectivity index (χ1v) is 7.76. The molecule has 1 atom stereocenters. The van der Waals surface area contributed by atoms with Gasteiger partial charge in [0.1, 0.15) is 5.82 Å². The third-order valence-corrected chi connectivity index (χ3v) is 3.87. The van der Waals surface area contributed by atoms with Crippen LogP contribution in [0.2, 0.25) is 0 Å². The molecule has 0 spiro atoms. The Hall–Kier alpha value is -2.56. The number of nitrogens with one attached hydrogen (secondary N) is 1. The molecule has 5 heteroatoms. The Morgan fingerprint density at radius 2 is 1.75 bits per heavy atom. The van der Waals surface area contributed by atoms with E-state index in [1.165, 1.54) is 12.1 Å². The van der Waals surface area contributed by atoms with Crippen LogP contribution >= 0.6 is 0 Å². The molecule has 1 unspecified atom stereocenters. The van der Waals surface area contributed by atoms with Crippen molar-refractivity contribution < 1.29 is 18.7 Å². The summed E-state index contributed by atoms with van der Waals surface area (Å²) in [4.78, 5) is 12.1. The second-order valence-corrected chi connectivity index (χ2v) is 5.62. The average molecular weight is 331 g/mol. The van der Waals surface area contributed by atoms with E-state index in [1.54, 1.807) is 26.4 Å². The van der Waals surface area contributed by atoms with E-state index in [-0.39, 0.29) is 17.6 Å². The summed E-state index contributed by atoms with van der Waals surface area (Å²) in [6.45, 7) is 2.36. The van der Waals surface area contributed by atoms with Crippen molar-refractivity contribution in [3.63, 3.8) is 0 Å². The molecule has 128 valence electrons. The van der Waals surface area contributed by atoms with Gasteiger partial charge in [0.15, 0.2) is 11.5 Å². The molecule has 2 rings (SSSR count). The standard InChI is InChI=1S/C19H22FNO3/c1-13(15-5-7-16(20)8-6-15)10-19(22)21-12-14-4-9-17(23-2)18(11-14)24-3/h4-9,11,13H,10,12H2,1-3H3,(H,21,22). The van der Waals surface area contributed by atoms with Gasteiger partial charge in [-0.25, -0.2) is 4.39 Å². The number of methoxy groups -OCH3 is 2. The van der Waals surface area contributed by atoms with Crippen LogP contribution in [0.5, 0.6) is 11.5 Å². The Labute approximate surface area is 141 Å². The number of halogens is 1. The molecule has 0 heterocycles. The van der Waals surface area contributed by atoms with Crippen molar-refractivity contribution in [3.05, 3.63) is 59.4 Å². The number of rotatable bonds is 7. The van der Waals surface area contributed by atoms with E-state index >= 15 is 0 Å². The summed E-state index contributed by atoms with van der Waals surface area (Å²) in [5.74, 6) is 0.975. The average Bonchev–Trinajstić information content (AvgIpc) is 2.60. The summed E-state index contributed by atoms with van der Waals surface area (Å²) in [6.07, 6.45) is 0.346. The molecule has 24 heavy (non-hydrogen) atoms. The summed E-state index contributed by atoms with van der Waals surface area (Å²) in [5.41, 5.74) is 1.87. The van der Waals surface area contributed by atoms with Gasteiger partial charge in [-0.05, 0) is 41.3 Å². The van der Waals surface area contributed by atoms with Crippen LogP contribution in [0.4, 0.5) is 4.39 Å². The summed E-state index contributed by atoms with van der Waals surface area (Å²) >= 11 is 0. The minimum absolute atomic E-state index is 0.0241. The molecular weight excluding hydrogens is 309 g/mol. The minimum atomic E-state index is -0.274. The molecule has 0 bridgehead atoms. The normalized spacial score (nSPS) is 11.7. The lowest BCUT2D eigenvalue weighted by Gasteiger charge is -2.13. The maximum absolute atomic E-state index is 12.9. The number of hydrogen-bond donors (Lipinski definition) is 1. The van der Waals surface area contributed by atoms with Gasteiger partial charge in [-0.1, -0.05) is 25.1 Å². The van der Waals surface area contributed by atoms with E-state index in [4.69, 9.17) is 9.47 Å². The second kappa shape index (κ2) is 8.34. The van der Waals surface area contributed by atoms with Gasteiger partial charge in [0.05, 0.1) is 14.2 Å². The highest BCUT2D eigenvalue weighted by Crippen LogP contribution is 2.27. The highest BCUT2D eigenvalue weighted by molar-refractivity contribution is 5.76. The first kappa shape index (κ1) is 17.8. The number of carbonyl (C=O) groups is 1. The smallest absolute Gasteiger partial charge is 0.220 e. The molecule has 0 aliphatic carbocycles. The third kappa shape index (κ3) is 4.72. The molecule has 1 amide bonds. The van der Waals surface area contributed by atoms with E-state index in [9.17, 15) is 9.18 Å².